The third-order valence-corrected chi connectivity index (χ3v) is 3.00. The van der Waals surface area contributed by atoms with Gasteiger partial charge >= 0.3 is 0 Å². The third-order valence-electron chi connectivity index (χ3n) is 3.00. The van der Waals surface area contributed by atoms with Crippen molar-refractivity contribution in [1.82, 2.24) is 5.32 Å². The van der Waals surface area contributed by atoms with Crippen molar-refractivity contribution in [3.63, 3.8) is 0 Å². The van der Waals surface area contributed by atoms with Crippen LogP contribution >= 0.6 is 0 Å². The number of carbonyl (C=O) groups is 2. The number of rotatable bonds is 7. The zero-order valence-electron chi connectivity index (χ0n) is 12.8. The molecule has 0 saturated heterocycles. The fourth-order valence-electron chi connectivity index (χ4n) is 2.20. The van der Waals surface area contributed by atoms with Crippen LogP contribution in [0.15, 0.2) is 12.7 Å². The monoisotopic (exact) mass is 268 g/mol. The van der Waals surface area contributed by atoms with E-state index in [1.807, 2.05) is 34.6 Å². The fraction of sp³-hybridized carbons (Fsp3) is 0.733. The predicted octanol–water partition coefficient (Wildman–Crippen LogP) is 2.24. The Morgan fingerprint density at radius 1 is 1.32 bits per heavy atom. The maximum absolute atomic E-state index is 12.4. The standard InChI is InChI=1S/C15H28N2O2/c1-7-8-9-11(13(16)18)12(10(2)3)14(19)17-15(4,5)6/h7,10-12H,1,8-9H2,2-6H3,(H2,16,18)(H,17,19)/t11-,12?/m0/s1. The molecule has 0 radical (unpaired) electrons. The van der Waals surface area contributed by atoms with Gasteiger partial charge in [-0.3, -0.25) is 9.59 Å². The molecule has 4 heteroatoms. The number of allylic oxidation sites excluding steroid dienone is 1. The molecular weight excluding hydrogens is 240 g/mol. The summed E-state index contributed by atoms with van der Waals surface area (Å²) in [7, 11) is 0. The van der Waals surface area contributed by atoms with E-state index in [2.05, 4.69) is 11.9 Å². The molecule has 110 valence electrons. The summed E-state index contributed by atoms with van der Waals surface area (Å²) in [5, 5.41) is 2.94. The van der Waals surface area contributed by atoms with Gasteiger partial charge in [0.15, 0.2) is 0 Å². The average molecular weight is 268 g/mol. The molecule has 1 unspecified atom stereocenters. The van der Waals surface area contributed by atoms with Crippen LogP contribution in [0.5, 0.6) is 0 Å². The van der Waals surface area contributed by atoms with E-state index in [-0.39, 0.29) is 17.4 Å². The van der Waals surface area contributed by atoms with Crippen LogP contribution in [-0.2, 0) is 9.59 Å². The van der Waals surface area contributed by atoms with Crippen LogP contribution in [0.1, 0.15) is 47.5 Å². The average Bonchev–Trinajstić information content (AvgIpc) is 2.19. The Morgan fingerprint density at radius 3 is 2.16 bits per heavy atom. The Morgan fingerprint density at radius 2 is 1.84 bits per heavy atom. The van der Waals surface area contributed by atoms with Gasteiger partial charge in [-0.2, -0.15) is 0 Å². The maximum atomic E-state index is 12.4. The van der Waals surface area contributed by atoms with Crippen molar-refractivity contribution in [2.45, 2.75) is 53.0 Å². The lowest BCUT2D eigenvalue weighted by atomic mass is 9.79. The van der Waals surface area contributed by atoms with Gasteiger partial charge in [-0.1, -0.05) is 19.9 Å². The lowest BCUT2D eigenvalue weighted by Gasteiger charge is -2.30. The van der Waals surface area contributed by atoms with Crippen LogP contribution in [0.2, 0.25) is 0 Å². The highest BCUT2D eigenvalue weighted by molar-refractivity contribution is 5.87. The zero-order chi connectivity index (χ0) is 15.2. The molecule has 0 aliphatic rings. The van der Waals surface area contributed by atoms with Crippen LogP contribution in [-0.4, -0.2) is 17.4 Å². The molecule has 0 aromatic heterocycles. The second-order valence-electron chi connectivity index (χ2n) is 6.38. The summed E-state index contributed by atoms with van der Waals surface area (Å²) in [6.07, 6.45) is 2.99. The smallest absolute Gasteiger partial charge is 0.224 e. The van der Waals surface area contributed by atoms with Gasteiger partial charge in [0.25, 0.3) is 0 Å². The molecule has 3 N–H and O–H groups in total. The SMILES string of the molecule is C=CCC[C@H](C(N)=O)C(C(=O)NC(C)(C)C)C(C)C. The lowest BCUT2D eigenvalue weighted by molar-refractivity contribution is -0.136. The van der Waals surface area contributed by atoms with Crippen molar-refractivity contribution in [3.8, 4) is 0 Å². The van der Waals surface area contributed by atoms with Crippen molar-refractivity contribution >= 4 is 11.8 Å². The topological polar surface area (TPSA) is 72.2 Å². The van der Waals surface area contributed by atoms with Gasteiger partial charge < -0.3 is 11.1 Å². The van der Waals surface area contributed by atoms with Crippen LogP contribution in [0.3, 0.4) is 0 Å². The van der Waals surface area contributed by atoms with Crippen molar-refractivity contribution in [2.24, 2.45) is 23.5 Å². The molecule has 0 aliphatic carbocycles. The largest absolute Gasteiger partial charge is 0.369 e. The van der Waals surface area contributed by atoms with Gasteiger partial charge in [0, 0.05) is 11.5 Å². The summed E-state index contributed by atoms with van der Waals surface area (Å²) in [5.74, 6) is -1.29. The van der Waals surface area contributed by atoms with Crippen molar-refractivity contribution in [1.29, 1.82) is 0 Å². The summed E-state index contributed by atoms with van der Waals surface area (Å²) in [6.45, 7) is 13.3. The molecule has 0 aliphatic heterocycles. The Bertz CT molecular complexity index is 330. The van der Waals surface area contributed by atoms with Crippen molar-refractivity contribution in [2.75, 3.05) is 0 Å². The molecule has 0 fully saturated rings. The van der Waals surface area contributed by atoms with Gasteiger partial charge in [-0.05, 0) is 39.5 Å². The minimum absolute atomic E-state index is 0.0599. The molecule has 0 spiro atoms. The highest BCUT2D eigenvalue weighted by Crippen LogP contribution is 2.26. The highest BCUT2D eigenvalue weighted by atomic mass is 16.2. The van der Waals surface area contributed by atoms with E-state index in [4.69, 9.17) is 5.73 Å². The highest BCUT2D eigenvalue weighted by Gasteiger charge is 2.35. The van der Waals surface area contributed by atoms with Gasteiger partial charge in [0.05, 0.1) is 5.92 Å². The molecule has 2 atom stereocenters. The molecule has 0 rings (SSSR count). The molecule has 2 amide bonds. The first kappa shape index (κ1) is 17.7. The predicted molar refractivity (Wildman–Crippen MR) is 78.3 cm³/mol. The molecule has 0 saturated carbocycles. The first-order valence-electron chi connectivity index (χ1n) is 6.82. The molecule has 4 nitrogen and oxygen atoms in total. The minimum atomic E-state index is -0.444. The van der Waals surface area contributed by atoms with Crippen molar-refractivity contribution in [3.05, 3.63) is 12.7 Å². The Kier molecular flexibility index (Phi) is 6.81. The number of carbonyl (C=O) groups excluding carboxylic acids is 2. The summed E-state index contributed by atoms with van der Waals surface area (Å²) in [6, 6.07) is 0. The molecule has 0 bridgehead atoms. The Balaban J connectivity index is 5.08. The van der Waals surface area contributed by atoms with Crippen molar-refractivity contribution < 1.29 is 9.59 Å². The molecule has 0 aromatic rings. The quantitative estimate of drug-likeness (QED) is 0.695. The Hall–Kier alpha value is -1.32. The summed E-state index contributed by atoms with van der Waals surface area (Å²) in [4.78, 5) is 24.0. The summed E-state index contributed by atoms with van der Waals surface area (Å²) >= 11 is 0. The minimum Gasteiger partial charge on any atom is -0.369 e. The van der Waals surface area contributed by atoms with Gasteiger partial charge in [-0.25, -0.2) is 0 Å². The second-order valence-corrected chi connectivity index (χ2v) is 6.38. The molecular formula is C15H28N2O2. The maximum Gasteiger partial charge on any atom is 0.224 e. The first-order chi connectivity index (χ1) is 8.60. The first-order valence-corrected chi connectivity index (χ1v) is 6.82. The number of hydrogen-bond donors (Lipinski definition) is 2. The van der Waals surface area contributed by atoms with Crippen LogP contribution in [0.4, 0.5) is 0 Å². The summed E-state index contributed by atoms with van der Waals surface area (Å²) < 4.78 is 0. The van der Waals surface area contributed by atoms with E-state index in [0.717, 1.165) is 0 Å². The van der Waals surface area contributed by atoms with Crippen LogP contribution in [0, 0.1) is 17.8 Å². The molecule has 19 heavy (non-hydrogen) atoms. The van der Waals surface area contributed by atoms with E-state index in [1.165, 1.54) is 0 Å². The third kappa shape index (κ3) is 6.41. The van der Waals surface area contributed by atoms with E-state index >= 15 is 0 Å². The van der Waals surface area contributed by atoms with E-state index in [9.17, 15) is 9.59 Å². The van der Waals surface area contributed by atoms with Crippen LogP contribution in [0.25, 0.3) is 0 Å². The number of amides is 2. The fourth-order valence-corrected chi connectivity index (χ4v) is 2.20. The van der Waals surface area contributed by atoms with Gasteiger partial charge in [0.2, 0.25) is 11.8 Å². The number of nitrogens with one attached hydrogen (secondary N) is 1. The van der Waals surface area contributed by atoms with Gasteiger partial charge in [-0.15, -0.1) is 6.58 Å². The second kappa shape index (κ2) is 7.31. The van der Waals surface area contributed by atoms with E-state index in [1.54, 1.807) is 6.08 Å². The lowest BCUT2D eigenvalue weighted by Crippen LogP contribution is -2.49. The van der Waals surface area contributed by atoms with E-state index in [0.29, 0.717) is 12.8 Å². The summed E-state index contributed by atoms with van der Waals surface area (Å²) in [5.41, 5.74) is 5.15. The molecule has 0 aromatic carbocycles. The number of nitrogens with two attached hydrogens (primary N) is 1. The van der Waals surface area contributed by atoms with E-state index < -0.39 is 17.7 Å². The molecule has 0 heterocycles. The normalized spacial score (nSPS) is 14.8. The zero-order valence-corrected chi connectivity index (χ0v) is 12.8. The number of hydrogen-bond acceptors (Lipinski definition) is 2. The van der Waals surface area contributed by atoms with Gasteiger partial charge in [0.1, 0.15) is 0 Å². The Labute approximate surface area is 116 Å². The van der Waals surface area contributed by atoms with Crippen LogP contribution < -0.4 is 11.1 Å². The number of primary amides is 1.